The number of hydrogen-bond acceptors (Lipinski definition) is 6. The summed E-state index contributed by atoms with van der Waals surface area (Å²) < 4.78 is 22.9. The lowest BCUT2D eigenvalue weighted by Gasteiger charge is -2.28. The zero-order valence-electron chi connectivity index (χ0n) is 19.5. The van der Waals surface area contributed by atoms with Crippen LogP contribution in [0.1, 0.15) is 16.1 Å². The van der Waals surface area contributed by atoms with Gasteiger partial charge in [0.25, 0.3) is 5.91 Å². The van der Waals surface area contributed by atoms with E-state index in [1.165, 1.54) is 19.1 Å². The number of carbonyl (C=O) groups is 2. The Kier molecular flexibility index (Phi) is 10.0. The van der Waals surface area contributed by atoms with E-state index >= 15 is 0 Å². The van der Waals surface area contributed by atoms with Crippen LogP contribution in [0.4, 0.5) is 0 Å². The van der Waals surface area contributed by atoms with Crippen LogP contribution in [0.2, 0.25) is 0 Å². The van der Waals surface area contributed by atoms with Crippen LogP contribution in [-0.4, -0.2) is 87.5 Å². The Bertz CT molecular complexity index is 860. The van der Waals surface area contributed by atoms with Crippen LogP contribution < -0.4 is 9.47 Å². The van der Waals surface area contributed by atoms with Crippen molar-refractivity contribution in [2.75, 3.05) is 61.3 Å². The highest BCUT2D eigenvalue weighted by Gasteiger charge is 2.24. The quantitative estimate of drug-likeness (QED) is 0.466. The van der Waals surface area contributed by atoms with Crippen molar-refractivity contribution in [3.8, 4) is 11.5 Å². The summed E-state index contributed by atoms with van der Waals surface area (Å²) in [6.45, 7) is 1.72. The van der Waals surface area contributed by atoms with Crippen LogP contribution in [0.5, 0.6) is 11.5 Å². The molecule has 0 unspecified atom stereocenters. The van der Waals surface area contributed by atoms with Gasteiger partial charge in [0.15, 0.2) is 0 Å². The smallest absolute Gasteiger partial charge is 0.254 e. The molecule has 2 rings (SSSR count). The van der Waals surface area contributed by atoms with E-state index in [4.69, 9.17) is 18.9 Å². The third-order valence-corrected chi connectivity index (χ3v) is 5.10. The van der Waals surface area contributed by atoms with Gasteiger partial charge in [-0.25, -0.2) is 0 Å². The fourth-order valence-electron chi connectivity index (χ4n) is 3.18. The van der Waals surface area contributed by atoms with E-state index in [2.05, 4.69) is 0 Å². The van der Waals surface area contributed by atoms with Crippen LogP contribution in [0.3, 0.4) is 0 Å². The SMILES string of the molecule is COCCN(Cc1cccn1C)C(=O)CN(CCOC)C(=O)c1cc(OC)cc(OC)c1. The number of aromatic nitrogens is 1. The van der Waals surface area contributed by atoms with Gasteiger partial charge in [-0.3, -0.25) is 9.59 Å². The normalized spacial score (nSPS) is 10.7. The molecule has 0 atom stereocenters. The molecule has 0 fully saturated rings. The molecule has 0 aliphatic rings. The van der Waals surface area contributed by atoms with Crippen molar-refractivity contribution in [3.63, 3.8) is 0 Å². The van der Waals surface area contributed by atoms with Gasteiger partial charge in [-0.05, 0) is 24.3 Å². The first-order chi connectivity index (χ1) is 15.4. The van der Waals surface area contributed by atoms with E-state index in [1.807, 2.05) is 29.9 Å². The fourth-order valence-corrected chi connectivity index (χ4v) is 3.18. The molecular formula is C23H33N3O6. The van der Waals surface area contributed by atoms with Crippen LogP contribution >= 0.6 is 0 Å². The number of amides is 2. The van der Waals surface area contributed by atoms with Crippen LogP contribution in [0.25, 0.3) is 0 Å². The molecule has 0 saturated heterocycles. The molecule has 1 aromatic carbocycles. The lowest BCUT2D eigenvalue weighted by Crippen LogP contribution is -2.45. The maximum atomic E-state index is 13.3. The standard InChI is InChI=1S/C23H33N3O6/c1-24-8-6-7-19(24)16-25(9-11-29-2)22(27)17-26(10-12-30-3)23(28)18-13-20(31-4)15-21(14-18)32-5/h6-8,13-15H,9-12,16-17H2,1-5H3. The third kappa shape index (κ3) is 7.00. The maximum Gasteiger partial charge on any atom is 0.254 e. The van der Waals surface area contributed by atoms with Crippen molar-refractivity contribution in [3.05, 3.63) is 47.8 Å². The molecule has 9 nitrogen and oxygen atoms in total. The van der Waals surface area contributed by atoms with Crippen molar-refractivity contribution >= 4 is 11.8 Å². The van der Waals surface area contributed by atoms with Crippen molar-refractivity contribution < 1.29 is 28.5 Å². The van der Waals surface area contributed by atoms with Gasteiger partial charge in [-0.1, -0.05) is 0 Å². The zero-order chi connectivity index (χ0) is 23.5. The van der Waals surface area contributed by atoms with E-state index in [-0.39, 0.29) is 24.9 Å². The van der Waals surface area contributed by atoms with Gasteiger partial charge in [0, 0.05) is 57.9 Å². The lowest BCUT2D eigenvalue weighted by molar-refractivity contribution is -0.133. The summed E-state index contributed by atoms with van der Waals surface area (Å²) >= 11 is 0. The largest absolute Gasteiger partial charge is 0.497 e. The predicted molar refractivity (Wildman–Crippen MR) is 120 cm³/mol. The Morgan fingerprint density at radius 3 is 2.00 bits per heavy atom. The van der Waals surface area contributed by atoms with Crippen molar-refractivity contribution in [2.45, 2.75) is 6.54 Å². The summed E-state index contributed by atoms with van der Waals surface area (Å²) in [6, 6.07) is 8.83. The Labute approximate surface area is 189 Å². The minimum Gasteiger partial charge on any atom is -0.497 e. The van der Waals surface area contributed by atoms with Gasteiger partial charge in [-0.15, -0.1) is 0 Å². The van der Waals surface area contributed by atoms with Crippen molar-refractivity contribution in [1.82, 2.24) is 14.4 Å². The van der Waals surface area contributed by atoms with Gasteiger partial charge in [-0.2, -0.15) is 0 Å². The second kappa shape index (κ2) is 12.7. The molecule has 32 heavy (non-hydrogen) atoms. The van der Waals surface area contributed by atoms with Crippen molar-refractivity contribution in [2.24, 2.45) is 7.05 Å². The van der Waals surface area contributed by atoms with Gasteiger partial charge >= 0.3 is 0 Å². The van der Waals surface area contributed by atoms with Crippen molar-refractivity contribution in [1.29, 1.82) is 0 Å². The maximum absolute atomic E-state index is 13.3. The van der Waals surface area contributed by atoms with E-state index in [0.717, 1.165) is 5.69 Å². The molecule has 0 aliphatic carbocycles. The highest BCUT2D eigenvalue weighted by molar-refractivity contribution is 5.97. The molecule has 9 heteroatoms. The number of ether oxygens (including phenoxy) is 4. The highest BCUT2D eigenvalue weighted by atomic mass is 16.5. The molecule has 2 amide bonds. The first-order valence-corrected chi connectivity index (χ1v) is 10.3. The van der Waals surface area contributed by atoms with Gasteiger partial charge in [0.1, 0.15) is 18.0 Å². The molecule has 0 spiro atoms. The van der Waals surface area contributed by atoms with E-state index < -0.39 is 0 Å². The first-order valence-electron chi connectivity index (χ1n) is 10.3. The van der Waals surface area contributed by atoms with E-state index in [9.17, 15) is 9.59 Å². The Morgan fingerprint density at radius 1 is 0.906 bits per heavy atom. The second-order valence-electron chi connectivity index (χ2n) is 7.24. The summed E-state index contributed by atoms with van der Waals surface area (Å²) in [7, 11) is 8.12. The Hall–Kier alpha value is -3.04. The minimum atomic E-state index is -0.307. The lowest BCUT2D eigenvalue weighted by atomic mass is 10.1. The molecule has 2 aromatic rings. The summed E-state index contributed by atoms with van der Waals surface area (Å²) in [5, 5.41) is 0. The number of benzene rings is 1. The van der Waals surface area contributed by atoms with Crippen LogP contribution in [-0.2, 0) is 27.9 Å². The average molecular weight is 448 g/mol. The molecule has 1 aromatic heterocycles. The van der Waals surface area contributed by atoms with Gasteiger partial charge in [0.2, 0.25) is 5.91 Å². The van der Waals surface area contributed by atoms with E-state index in [1.54, 1.807) is 37.3 Å². The zero-order valence-corrected chi connectivity index (χ0v) is 19.5. The Balaban J connectivity index is 2.23. The Morgan fingerprint density at radius 2 is 1.50 bits per heavy atom. The molecule has 0 radical (unpaired) electrons. The summed E-state index contributed by atoms with van der Waals surface area (Å²) in [5.41, 5.74) is 1.36. The first kappa shape index (κ1) is 25.2. The fraction of sp³-hybridized carbons (Fsp3) is 0.478. The summed E-state index contributed by atoms with van der Waals surface area (Å²) in [5.74, 6) is 0.507. The van der Waals surface area contributed by atoms with Crippen LogP contribution in [0.15, 0.2) is 36.5 Å². The number of nitrogens with zero attached hydrogens (tertiary/aromatic N) is 3. The van der Waals surface area contributed by atoms with Gasteiger partial charge in [0.05, 0.1) is 34.0 Å². The topological polar surface area (TPSA) is 82.5 Å². The molecule has 0 bridgehead atoms. The second-order valence-corrected chi connectivity index (χ2v) is 7.24. The molecule has 0 N–H and O–H groups in total. The number of carbonyl (C=O) groups excluding carboxylic acids is 2. The minimum absolute atomic E-state index is 0.0874. The van der Waals surface area contributed by atoms with Crippen LogP contribution in [0, 0.1) is 0 Å². The summed E-state index contributed by atoms with van der Waals surface area (Å²) in [6.07, 6.45) is 1.93. The number of methoxy groups -OCH3 is 4. The monoisotopic (exact) mass is 447 g/mol. The van der Waals surface area contributed by atoms with E-state index in [0.29, 0.717) is 43.4 Å². The molecule has 1 heterocycles. The highest BCUT2D eigenvalue weighted by Crippen LogP contribution is 2.23. The van der Waals surface area contributed by atoms with Gasteiger partial charge < -0.3 is 33.3 Å². The average Bonchev–Trinajstić information content (AvgIpc) is 3.22. The number of rotatable bonds is 13. The summed E-state index contributed by atoms with van der Waals surface area (Å²) in [4.78, 5) is 29.7. The molecule has 176 valence electrons. The predicted octanol–water partition coefficient (Wildman–Crippen LogP) is 1.81. The third-order valence-electron chi connectivity index (χ3n) is 5.10. The molecule has 0 aliphatic heterocycles. The molecule has 0 saturated carbocycles. The number of hydrogen-bond donors (Lipinski definition) is 0. The number of aryl methyl sites for hydroxylation is 1. The molecular weight excluding hydrogens is 414 g/mol.